The van der Waals surface area contributed by atoms with E-state index in [9.17, 15) is 14.4 Å². The molecule has 0 atom stereocenters. The average Bonchev–Trinajstić information content (AvgIpc) is 2.27. The van der Waals surface area contributed by atoms with Crippen molar-refractivity contribution in [2.75, 3.05) is 6.54 Å². The molecule has 7 heteroatoms. The maximum atomic E-state index is 11.4. The second-order valence-corrected chi connectivity index (χ2v) is 3.38. The topological polar surface area (TPSA) is 101 Å². The lowest BCUT2D eigenvalue weighted by atomic mass is 10.3. The van der Waals surface area contributed by atoms with Gasteiger partial charge in [-0.3, -0.25) is 14.2 Å². The van der Waals surface area contributed by atoms with Gasteiger partial charge in [-0.25, -0.2) is 9.78 Å². The van der Waals surface area contributed by atoms with Crippen molar-refractivity contribution < 1.29 is 14.7 Å². The first kappa shape index (κ1) is 12.9. The molecule has 0 unspecified atom stereocenters. The van der Waals surface area contributed by atoms with Gasteiger partial charge in [0.1, 0.15) is 6.54 Å². The zero-order valence-corrected chi connectivity index (χ0v) is 9.13. The lowest BCUT2D eigenvalue weighted by molar-refractivity contribution is -0.137. The van der Waals surface area contributed by atoms with Crippen molar-refractivity contribution >= 4 is 11.9 Å². The Morgan fingerprint density at radius 2 is 2.24 bits per heavy atom. The zero-order valence-electron chi connectivity index (χ0n) is 9.13. The van der Waals surface area contributed by atoms with Gasteiger partial charge in [-0.15, -0.1) is 0 Å². The van der Waals surface area contributed by atoms with E-state index < -0.39 is 11.7 Å². The van der Waals surface area contributed by atoms with E-state index in [-0.39, 0.29) is 25.4 Å². The minimum absolute atomic E-state index is 0.00706. The van der Waals surface area contributed by atoms with Gasteiger partial charge >= 0.3 is 11.7 Å². The number of amides is 1. The number of aromatic nitrogens is 2. The Bertz CT molecular complexity index is 455. The van der Waals surface area contributed by atoms with Crippen molar-refractivity contribution in [2.45, 2.75) is 19.4 Å². The molecule has 0 spiro atoms. The van der Waals surface area contributed by atoms with Gasteiger partial charge in [0.2, 0.25) is 5.91 Å². The van der Waals surface area contributed by atoms with Crippen LogP contribution in [0.15, 0.2) is 23.3 Å². The Morgan fingerprint density at radius 3 is 2.88 bits per heavy atom. The van der Waals surface area contributed by atoms with Crippen LogP contribution in [-0.4, -0.2) is 33.1 Å². The van der Waals surface area contributed by atoms with Crippen LogP contribution in [0.3, 0.4) is 0 Å². The molecule has 2 N–H and O–H groups in total. The molecule has 17 heavy (non-hydrogen) atoms. The van der Waals surface area contributed by atoms with Crippen LogP contribution in [0.1, 0.15) is 12.8 Å². The summed E-state index contributed by atoms with van der Waals surface area (Å²) in [5.74, 6) is -1.24. The van der Waals surface area contributed by atoms with Crippen molar-refractivity contribution in [2.24, 2.45) is 0 Å². The third-order valence-electron chi connectivity index (χ3n) is 1.99. The predicted octanol–water partition coefficient (Wildman–Crippen LogP) is -0.776. The number of carboxylic acids is 1. The first-order chi connectivity index (χ1) is 8.09. The van der Waals surface area contributed by atoms with Gasteiger partial charge in [-0.05, 0) is 12.5 Å². The highest BCUT2D eigenvalue weighted by Gasteiger charge is 2.04. The molecular weight excluding hydrogens is 226 g/mol. The summed E-state index contributed by atoms with van der Waals surface area (Å²) in [7, 11) is 0. The van der Waals surface area contributed by atoms with Crippen LogP contribution in [0.25, 0.3) is 0 Å². The van der Waals surface area contributed by atoms with Crippen LogP contribution in [0.5, 0.6) is 0 Å². The van der Waals surface area contributed by atoms with Gasteiger partial charge in [-0.2, -0.15) is 0 Å². The maximum absolute atomic E-state index is 11.4. The number of hydrogen-bond acceptors (Lipinski definition) is 4. The van der Waals surface area contributed by atoms with E-state index in [1.165, 1.54) is 17.0 Å². The Morgan fingerprint density at radius 1 is 1.47 bits per heavy atom. The Labute approximate surface area is 97.1 Å². The molecule has 0 bridgehead atoms. The monoisotopic (exact) mass is 239 g/mol. The quantitative estimate of drug-likeness (QED) is 0.634. The van der Waals surface area contributed by atoms with E-state index >= 15 is 0 Å². The lowest BCUT2D eigenvalue weighted by Crippen LogP contribution is -2.33. The maximum Gasteiger partial charge on any atom is 0.347 e. The van der Waals surface area contributed by atoms with Gasteiger partial charge in [-0.1, -0.05) is 0 Å². The van der Waals surface area contributed by atoms with E-state index in [0.29, 0.717) is 6.42 Å². The average molecular weight is 239 g/mol. The molecule has 1 rings (SSSR count). The van der Waals surface area contributed by atoms with Gasteiger partial charge in [0.15, 0.2) is 0 Å². The molecule has 0 aromatic carbocycles. The van der Waals surface area contributed by atoms with Crippen LogP contribution in [0.4, 0.5) is 0 Å². The number of rotatable bonds is 6. The normalized spacial score (nSPS) is 9.88. The number of nitrogens with one attached hydrogen (secondary N) is 1. The predicted molar refractivity (Wildman–Crippen MR) is 58.4 cm³/mol. The van der Waals surface area contributed by atoms with E-state index in [1.54, 1.807) is 6.07 Å². The summed E-state index contributed by atoms with van der Waals surface area (Å²) >= 11 is 0. The van der Waals surface area contributed by atoms with Crippen molar-refractivity contribution in [1.29, 1.82) is 0 Å². The summed E-state index contributed by atoms with van der Waals surface area (Å²) in [4.78, 5) is 36.2. The Kier molecular flexibility index (Phi) is 4.86. The molecule has 7 nitrogen and oxygen atoms in total. The van der Waals surface area contributed by atoms with Gasteiger partial charge < -0.3 is 10.4 Å². The number of carbonyl (C=O) groups is 2. The smallest absolute Gasteiger partial charge is 0.347 e. The molecule has 1 aromatic heterocycles. The first-order valence-electron chi connectivity index (χ1n) is 5.09. The van der Waals surface area contributed by atoms with E-state index in [1.807, 2.05) is 0 Å². The Hall–Kier alpha value is -2.18. The minimum Gasteiger partial charge on any atom is -0.481 e. The SMILES string of the molecule is O=C(O)CCCNC(=O)Cn1cccnc1=O. The van der Waals surface area contributed by atoms with Crippen LogP contribution in [0, 0.1) is 0 Å². The fourth-order valence-electron chi connectivity index (χ4n) is 1.19. The van der Waals surface area contributed by atoms with Gasteiger partial charge in [0.05, 0.1) is 0 Å². The highest BCUT2D eigenvalue weighted by Crippen LogP contribution is 1.86. The number of aliphatic carboxylic acids is 1. The standard InChI is InChI=1S/C10H13N3O4/c14-8(11-4-1-3-9(15)16)7-13-6-2-5-12-10(13)17/h2,5-6H,1,3-4,7H2,(H,11,14)(H,15,16). The van der Waals surface area contributed by atoms with Crippen molar-refractivity contribution in [3.05, 3.63) is 28.9 Å². The van der Waals surface area contributed by atoms with Crippen LogP contribution >= 0.6 is 0 Å². The van der Waals surface area contributed by atoms with Gasteiger partial charge in [0.25, 0.3) is 0 Å². The third kappa shape index (κ3) is 4.92. The zero-order chi connectivity index (χ0) is 12.7. The van der Waals surface area contributed by atoms with Crippen LogP contribution in [0.2, 0.25) is 0 Å². The molecule has 0 aliphatic carbocycles. The highest BCUT2D eigenvalue weighted by molar-refractivity contribution is 5.75. The van der Waals surface area contributed by atoms with Gasteiger partial charge in [0, 0.05) is 25.4 Å². The highest BCUT2D eigenvalue weighted by atomic mass is 16.4. The van der Waals surface area contributed by atoms with E-state index in [2.05, 4.69) is 10.3 Å². The summed E-state index contributed by atoms with van der Waals surface area (Å²) in [5.41, 5.74) is -0.492. The molecule has 0 fully saturated rings. The number of carbonyl (C=O) groups excluding carboxylic acids is 1. The van der Waals surface area contributed by atoms with Crippen molar-refractivity contribution in [1.82, 2.24) is 14.9 Å². The van der Waals surface area contributed by atoms with Crippen LogP contribution in [-0.2, 0) is 16.1 Å². The second kappa shape index (κ2) is 6.41. The molecule has 0 aliphatic heterocycles. The Balaban J connectivity index is 2.33. The molecule has 1 aromatic rings. The summed E-state index contributed by atoms with van der Waals surface area (Å²) in [6, 6.07) is 1.55. The molecule has 92 valence electrons. The number of nitrogens with zero attached hydrogens (tertiary/aromatic N) is 2. The molecular formula is C10H13N3O4. The molecule has 0 saturated heterocycles. The summed E-state index contributed by atoms with van der Waals surface area (Å²) < 4.78 is 1.17. The fraction of sp³-hybridized carbons (Fsp3) is 0.400. The van der Waals surface area contributed by atoms with Crippen LogP contribution < -0.4 is 11.0 Å². The fourth-order valence-corrected chi connectivity index (χ4v) is 1.19. The van der Waals surface area contributed by atoms with Crippen molar-refractivity contribution in [3.63, 3.8) is 0 Å². The second-order valence-electron chi connectivity index (χ2n) is 3.38. The van der Waals surface area contributed by atoms with E-state index in [4.69, 9.17) is 5.11 Å². The largest absolute Gasteiger partial charge is 0.481 e. The molecule has 1 heterocycles. The van der Waals surface area contributed by atoms with E-state index in [0.717, 1.165) is 0 Å². The first-order valence-corrected chi connectivity index (χ1v) is 5.09. The number of hydrogen-bond donors (Lipinski definition) is 2. The molecule has 0 radical (unpaired) electrons. The minimum atomic E-state index is -0.900. The third-order valence-corrected chi connectivity index (χ3v) is 1.99. The molecule has 0 aliphatic rings. The van der Waals surface area contributed by atoms with Crippen molar-refractivity contribution in [3.8, 4) is 0 Å². The summed E-state index contributed by atoms with van der Waals surface area (Å²) in [6.07, 6.45) is 3.19. The molecule has 1 amide bonds. The molecule has 0 saturated carbocycles. The summed E-state index contributed by atoms with van der Waals surface area (Å²) in [5, 5.41) is 10.9. The summed E-state index contributed by atoms with van der Waals surface area (Å²) in [6.45, 7) is 0.167. The number of carboxylic acid groups (broad SMARTS) is 1. The lowest BCUT2D eigenvalue weighted by Gasteiger charge is -2.05.